The molecule has 4 nitrogen and oxygen atoms in total. The maximum absolute atomic E-state index is 5.30. The highest BCUT2D eigenvalue weighted by Crippen LogP contribution is 2.48. The van der Waals surface area contributed by atoms with Crippen LogP contribution in [0.5, 0.6) is 0 Å². The summed E-state index contributed by atoms with van der Waals surface area (Å²) in [5, 5.41) is 7.50. The Kier molecular flexibility index (Phi) is 7.24. The molecule has 12 rings (SSSR count). The third-order valence-corrected chi connectivity index (χ3v) is 13.5. The van der Waals surface area contributed by atoms with Gasteiger partial charge in [0.2, 0.25) is 0 Å². The summed E-state index contributed by atoms with van der Waals surface area (Å²) in [5.41, 5.74) is 8.62. The van der Waals surface area contributed by atoms with E-state index in [0.717, 1.165) is 38.1 Å². The van der Waals surface area contributed by atoms with Crippen LogP contribution in [0.2, 0.25) is 0 Å². The molecule has 0 aliphatic heterocycles. The Morgan fingerprint density at radius 3 is 1.67 bits per heavy atom. The minimum absolute atomic E-state index is 0.649. The van der Waals surface area contributed by atoms with Gasteiger partial charge in [0.25, 0.3) is 0 Å². The third kappa shape index (κ3) is 5.15. The first-order valence-corrected chi connectivity index (χ1v) is 20.7. The Morgan fingerprint density at radius 1 is 0.351 bits per heavy atom. The van der Waals surface area contributed by atoms with Gasteiger partial charge in [0.15, 0.2) is 17.5 Å². The number of thiophene rings is 2. The molecule has 4 aromatic heterocycles. The Bertz CT molecular complexity index is 3450. The fraction of sp³-hybridized carbons (Fsp3) is 0. The smallest absolute Gasteiger partial charge is 0.165 e. The van der Waals surface area contributed by atoms with Crippen molar-refractivity contribution in [2.75, 3.05) is 0 Å². The van der Waals surface area contributed by atoms with Crippen LogP contribution in [0.1, 0.15) is 0 Å². The van der Waals surface area contributed by atoms with Gasteiger partial charge < -0.3 is 4.57 Å². The summed E-state index contributed by atoms with van der Waals surface area (Å²) in [5.74, 6) is 1.95. The maximum atomic E-state index is 5.30. The summed E-state index contributed by atoms with van der Waals surface area (Å²) in [6.45, 7) is 0. The zero-order chi connectivity index (χ0) is 37.5. The van der Waals surface area contributed by atoms with E-state index in [0.29, 0.717) is 17.5 Å². The molecule has 6 heteroatoms. The molecule has 0 amide bonds. The Morgan fingerprint density at radius 2 is 0.930 bits per heavy atom. The third-order valence-electron chi connectivity index (χ3n) is 11.0. The number of aromatic nitrogens is 4. The highest BCUT2D eigenvalue weighted by atomic mass is 32.1. The van der Waals surface area contributed by atoms with Gasteiger partial charge in [-0.05, 0) is 47.5 Å². The summed E-state index contributed by atoms with van der Waals surface area (Å²) in [7, 11) is 0. The molecule has 8 aromatic carbocycles. The number of hydrogen-bond acceptors (Lipinski definition) is 5. The van der Waals surface area contributed by atoms with E-state index in [9.17, 15) is 0 Å². The largest absolute Gasteiger partial charge is 0.309 e. The predicted octanol–water partition coefficient (Wildman–Crippen LogP) is 14.4. The first-order chi connectivity index (χ1) is 28.2. The van der Waals surface area contributed by atoms with Crippen LogP contribution in [0.15, 0.2) is 182 Å². The lowest BCUT2D eigenvalue weighted by Crippen LogP contribution is -2.01. The molecule has 0 bridgehead atoms. The average Bonchev–Trinajstić information content (AvgIpc) is 3.96. The molecule has 12 aromatic rings. The zero-order valence-electron chi connectivity index (χ0n) is 30.4. The van der Waals surface area contributed by atoms with Crippen molar-refractivity contribution in [2.45, 2.75) is 0 Å². The van der Waals surface area contributed by atoms with Crippen LogP contribution in [0.25, 0.3) is 113 Å². The Balaban J connectivity index is 1.22. The second-order valence-corrected chi connectivity index (χ2v) is 16.5. The highest BCUT2D eigenvalue weighted by molar-refractivity contribution is 7.30. The topological polar surface area (TPSA) is 43.6 Å². The van der Waals surface area contributed by atoms with Gasteiger partial charge in [-0.15, -0.1) is 22.7 Å². The molecule has 0 saturated heterocycles. The zero-order valence-corrected chi connectivity index (χ0v) is 32.1. The normalized spacial score (nSPS) is 11.9. The van der Waals surface area contributed by atoms with E-state index in [1.165, 1.54) is 57.5 Å². The van der Waals surface area contributed by atoms with Crippen molar-refractivity contribution in [3.8, 4) is 51.0 Å². The van der Waals surface area contributed by atoms with Gasteiger partial charge >= 0.3 is 0 Å². The summed E-state index contributed by atoms with van der Waals surface area (Å²) < 4.78 is 7.45. The average molecular weight is 763 g/mol. The van der Waals surface area contributed by atoms with E-state index in [2.05, 4.69) is 150 Å². The van der Waals surface area contributed by atoms with Crippen LogP contribution in [0, 0.1) is 0 Å². The van der Waals surface area contributed by atoms with Crippen molar-refractivity contribution in [3.63, 3.8) is 0 Å². The van der Waals surface area contributed by atoms with Crippen LogP contribution in [0.3, 0.4) is 0 Å². The van der Waals surface area contributed by atoms with Gasteiger partial charge in [-0.2, -0.15) is 0 Å². The predicted molar refractivity (Wildman–Crippen MR) is 242 cm³/mol. The lowest BCUT2D eigenvalue weighted by Gasteiger charge is -2.13. The van der Waals surface area contributed by atoms with E-state index in [-0.39, 0.29) is 0 Å². The lowest BCUT2D eigenvalue weighted by atomic mass is 10.0. The molecule has 0 radical (unpaired) electrons. The van der Waals surface area contributed by atoms with Gasteiger partial charge in [-0.3, -0.25) is 0 Å². The highest BCUT2D eigenvalue weighted by Gasteiger charge is 2.22. The molecule has 0 saturated carbocycles. The molecule has 0 unspecified atom stereocenters. The number of rotatable bonds is 5. The van der Waals surface area contributed by atoms with E-state index in [1.54, 1.807) is 0 Å². The molecule has 0 aliphatic carbocycles. The lowest BCUT2D eigenvalue weighted by molar-refractivity contribution is 1.07. The summed E-state index contributed by atoms with van der Waals surface area (Å²) in [6, 6.07) is 64.8. The van der Waals surface area contributed by atoms with E-state index < -0.39 is 0 Å². The van der Waals surface area contributed by atoms with Crippen molar-refractivity contribution in [1.82, 2.24) is 19.5 Å². The summed E-state index contributed by atoms with van der Waals surface area (Å²) >= 11 is 3.70. The molecule has 0 atom stereocenters. The number of para-hydroxylation sites is 1. The molecule has 4 heterocycles. The molecule has 0 N–H and O–H groups in total. The number of fused-ring (bicyclic) bond motifs is 10. The fourth-order valence-electron chi connectivity index (χ4n) is 8.41. The molecule has 0 spiro atoms. The summed E-state index contributed by atoms with van der Waals surface area (Å²) in [6.07, 6.45) is 0. The first kappa shape index (κ1) is 32.3. The monoisotopic (exact) mass is 762 g/mol. The van der Waals surface area contributed by atoms with Crippen LogP contribution in [-0.2, 0) is 0 Å². The van der Waals surface area contributed by atoms with Gasteiger partial charge in [-0.1, -0.05) is 146 Å². The van der Waals surface area contributed by atoms with Crippen LogP contribution in [-0.4, -0.2) is 19.5 Å². The van der Waals surface area contributed by atoms with Crippen molar-refractivity contribution in [1.29, 1.82) is 0 Å². The quantitative estimate of drug-likeness (QED) is 0.175. The maximum Gasteiger partial charge on any atom is 0.165 e. The van der Waals surface area contributed by atoms with Crippen molar-refractivity contribution in [2.24, 2.45) is 0 Å². The molecule has 0 aliphatic rings. The van der Waals surface area contributed by atoms with Gasteiger partial charge in [-0.25, -0.2) is 15.0 Å². The minimum Gasteiger partial charge on any atom is -0.309 e. The first-order valence-electron chi connectivity index (χ1n) is 19.0. The number of benzene rings is 8. The SMILES string of the molecule is c1ccc(-c2ccc3c4ccccc4n(-c4cc(-c5nc(-c6ccccc6)nc(-c6ccccc6)n5)c5sc6ccc7c8ccccc8sc7c6c5c4)c3c2)cc1. The number of nitrogens with zero attached hydrogens (tertiary/aromatic N) is 4. The summed E-state index contributed by atoms with van der Waals surface area (Å²) in [4.78, 5) is 15.6. The fourth-order valence-corrected chi connectivity index (χ4v) is 10.9. The minimum atomic E-state index is 0.649. The van der Waals surface area contributed by atoms with Crippen molar-refractivity contribution in [3.05, 3.63) is 182 Å². The molecule has 57 heavy (non-hydrogen) atoms. The van der Waals surface area contributed by atoms with E-state index in [1.807, 2.05) is 59.1 Å². The van der Waals surface area contributed by atoms with Crippen LogP contribution in [0.4, 0.5) is 0 Å². The standard InChI is InChI=1S/C51H30N4S2/c1-4-14-31(15-5-1)34-24-25-37-36-20-10-12-22-42(36)55(43(37)28-34)35-29-40-46-45(27-26-39-38-21-11-13-23-44(38)56-48(39)46)57-47(40)41(30-35)51-53-49(32-16-6-2-7-17-32)52-50(54-51)33-18-8-3-9-19-33/h1-30H. The van der Waals surface area contributed by atoms with Gasteiger partial charge in [0, 0.05) is 73.5 Å². The Labute approximate surface area is 335 Å². The molecule has 0 fully saturated rings. The molecular weight excluding hydrogens is 733 g/mol. The van der Waals surface area contributed by atoms with E-state index in [4.69, 9.17) is 15.0 Å². The molecular formula is C51H30N4S2. The second kappa shape index (κ2) is 12.8. The van der Waals surface area contributed by atoms with Crippen LogP contribution >= 0.6 is 22.7 Å². The van der Waals surface area contributed by atoms with Gasteiger partial charge in [0.1, 0.15) is 0 Å². The van der Waals surface area contributed by atoms with Crippen molar-refractivity contribution >= 4 is 84.8 Å². The number of hydrogen-bond donors (Lipinski definition) is 0. The Hall–Kier alpha value is -6.99. The molecule has 266 valence electrons. The van der Waals surface area contributed by atoms with Gasteiger partial charge in [0.05, 0.1) is 11.0 Å². The van der Waals surface area contributed by atoms with E-state index >= 15 is 0 Å². The van der Waals surface area contributed by atoms with Crippen molar-refractivity contribution < 1.29 is 0 Å². The second-order valence-electron chi connectivity index (χ2n) is 14.4. The van der Waals surface area contributed by atoms with Crippen LogP contribution < -0.4 is 0 Å².